The molecule has 0 saturated carbocycles. The van der Waals surface area contributed by atoms with Crippen LogP contribution < -0.4 is 4.74 Å². The molecule has 4 heteroatoms. The summed E-state index contributed by atoms with van der Waals surface area (Å²) in [6, 6.07) is 1.78. The Bertz CT molecular complexity index is 291. The maximum Gasteiger partial charge on any atom is 0.254 e. The van der Waals surface area contributed by atoms with Crippen LogP contribution in [0.5, 0.6) is 5.88 Å². The molecule has 0 spiro atoms. The minimum atomic E-state index is 0.322. The molecule has 0 aromatic carbocycles. The van der Waals surface area contributed by atoms with Crippen LogP contribution in [0.15, 0.2) is 16.9 Å². The summed E-state index contributed by atoms with van der Waals surface area (Å²) in [5.74, 6) is 1.35. The lowest BCUT2D eigenvalue weighted by Crippen LogP contribution is -2.52. The van der Waals surface area contributed by atoms with Gasteiger partial charge in [0.15, 0.2) is 0 Å². The van der Waals surface area contributed by atoms with Crippen molar-refractivity contribution in [1.82, 2.24) is 10.1 Å². The van der Waals surface area contributed by atoms with E-state index in [-0.39, 0.29) is 0 Å². The summed E-state index contributed by atoms with van der Waals surface area (Å²) in [5.41, 5.74) is 0. The minimum Gasteiger partial charge on any atom is -0.471 e. The fourth-order valence-corrected chi connectivity index (χ4v) is 2.46. The van der Waals surface area contributed by atoms with Gasteiger partial charge in [-0.2, -0.15) is 0 Å². The molecule has 0 unspecified atom stereocenters. The predicted octanol–water partition coefficient (Wildman–Crippen LogP) is 1.15. The molecular formula is C10H14N2O2. The van der Waals surface area contributed by atoms with Crippen LogP contribution in [0.3, 0.4) is 0 Å². The van der Waals surface area contributed by atoms with Gasteiger partial charge >= 0.3 is 0 Å². The molecule has 0 aliphatic carbocycles. The molecule has 4 nitrogen and oxygen atoms in total. The molecule has 2 bridgehead atoms. The maximum absolute atomic E-state index is 5.78. The number of hydrogen-bond acceptors (Lipinski definition) is 4. The van der Waals surface area contributed by atoms with E-state index in [0.29, 0.717) is 12.0 Å². The minimum absolute atomic E-state index is 0.322. The lowest BCUT2D eigenvalue weighted by atomic mass is 9.86. The molecular weight excluding hydrogens is 180 g/mol. The molecule has 4 heterocycles. The average Bonchev–Trinajstić information content (AvgIpc) is 2.72. The molecule has 3 aliphatic heterocycles. The summed E-state index contributed by atoms with van der Waals surface area (Å²) >= 11 is 0. The Hall–Kier alpha value is -1.03. The first kappa shape index (κ1) is 8.29. The van der Waals surface area contributed by atoms with Crippen molar-refractivity contribution in [3.05, 3.63) is 12.3 Å². The average molecular weight is 194 g/mol. The van der Waals surface area contributed by atoms with E-state index in [4.69, 9.17) is 9.26 Å². The zero-order valence-corrected chi connectivity index (χ0v) is 8.06. The van der Waals surface area contributed by atoms with E-state index in [1.807, 2.05) is 0 Å². The largest absolute Gasteiger partial charge is 0.471 e. The van der Waals surface area contributed by atoms with Crippen LogP contribution in [0.4, 0.5) is 0 Å². The van der Waals surface area contributed by atoms with Gasteiger partial charge in [-0.1, -0.05) is 0 Å². The summed E-state index contributed by atoms with van der Waals surface area (Å²) in [6.45, 7) is 3.53. The van der Waals surface area contributed by atoms with Gasteiger partial charge in [0.2, 0.25) is 0 Å². The van der Waals surface area contributed by atoms with Crippen molar-refractivity contribution >= 4 is 0 Å². The summed E-state index contributed by atoms with van der Waals surface area (Å²) in [4.78, 5) is 2.46. The van der Waals surface area contributed by atoms with Gasteiger partial charge in [0, 0.05) is 12.6 Å². The number of nitrogens with zero attached hydrogens (tertiary/aromatic N) is 2. The SMILES string of the molecule is c1cc(O[C@@H]2CN3CCC2CC3)no1. The second-order valence-electron chi connectivity index (χ2n) is 4.13. The van der Waals surface area contributed by atoms with E-state index in [2.05, 4.69) is 10.1 Å². The Morgan fingerprint density at radius 2 is 2.29 bits per heavy atom. The van der Waals surface area contributed by atoms with E-state index in [1.54, 1.807) is 12.3 Å². The van der Waals surface area contributed by atoms with Gasteiger partial charge in [-0.05, 0) is 37.0 Å². The molecule has 14 heavy (non-hydrogen) atoms. The first-order chi connectivity index (χ1) is 6.92. The van der Waals surface area contributed by atoms with Gasteiger partial charge in [0.05, 0.1) is 0 Å². The van der Waals surface area contributed by atoms with Gasteiger partial charge in [-0.25, -0.2) is 0 Å². The van der Waals surface area contributed by atoms with Crippen molar-refractivity contribution in [3.8, 4) is 5.88 Å². The molecule has 1 atom stereocenters. The molecule has 3 aliphatic rings. The summed E-state index contributed by atoms with van der Waals surface area (Å²) < 4.78 is 10.5. The molecule has 76 valence electrons. The molecule has 4 rings (SSSR count). The van der Waals surface area contributed by atoms with Crippen LogP contribution in [0.1, 0.15) is 12.8 Å². The Morgan fingerprint density at radius 3 is 2.86 bits per heavy atom. The van der Waals surface area contributed by atoms with E-state index in [9.17, 15) is 0 Å². The second kappa shape index (κ2) is 3.28. The predicted molar refractivity (Wildman–Crippen MR) is 50.1 cm³/mol. The fraction of sp³-hybridized carbons (Fsp3) is 0.700. The number of ether oxygens (including phenoxy) is 1. The van der Waals surface area contributed by atoms with Crippen LogP contribution in [0, 0.1) is 5.92 Å². The smallest absolute Gasteiger partial charge is 0.254 e. The standard InChI is InChI=1S/C10H14N2O2/c1-4-12-5-2-8(1)9(7-12)14-10-3-6-13-11-10/h3,6,8-9H,1-2,4-5,7H2/t9-/m1/s1. The van der Waals surface area contributed by atoms with E-state index >= 15 is 0 Å². The van der Waals surface area contributed by atoms with Gasteiger partial charge in [-0.15, -0.1) is 0 Å². The highest BCUT2D eigenvalue weighted by molar-refractivity contribution is 5.04. The third kappa shape index (κ3) is 1.39. The summed E-state index contributed by atoms with van der Waals surface area (Å²) in [5, 5.41) is 3.78. The number of piperidine rings is 3. The molecule has 0 radical (unpaired) electrons. The van der Waals surface area contributed by atoms with Gasteiger partial charge < -0.3 is 9.26 Å². The van der Waals surface area contributed by atoms with Crippen molar-refractivity contribution in [2.24, 2.45) is 5.92 Å². The Labute approximate surface area is 82.8 Å². The zero-order valence-electron chi connectivity index (χ0n) is 8.06. The summed E-state index contributed by atoms with van der Waals surface area (Å²) in [6.07, 6.45) is 4.41. The number of aromatic nitrogens is 1. The molecule has 1 aromatic heterocycles. The van der Waals surface area contributed by atoms with Crippen molar-refractivity contribution < 1.29 is 9.26 Å². The van der Waals surface area contributed by atoms with Gasteiger partial charge in [-0.3, -0.25) is 4.90 Å². The number of fused-ring (bicyclic) bond motifs is 3. The lowest BCUT2D eigenvalue weighted by Gasteiger charge is -2.43. The highest BCUT2D eigenvalue weighted by Gasteiger charge is 2.35. The van der Waals surface area contributed by atoms with Crippen LogP contribution in [0.2, 0.25) is 0 Å². The van der Waals surface area contributed by atoms with Crippen molar-refractivity contribution in [1.29, 1.82) is 0 Å². The number of rotatable bonds is 2. The Morgan fingerprint density at radius 1 is 1.43 bits per heavy atom. The van der Waals surface area contributed by atoms with E-state index in [1.165, 1.54) is 25.9 Å². The third-order valence-corrected chi connectivity index (χ3v) is 3.28. The van der Waals surface area contributed by atoms with Crippen LogP contribution in [-0.4, -0.2) is 35.8 Å². The van der Waals surface area contributed by atoms with E-state index < -0.39 is 0 Å². The van der Waals surface area contributed by atoms with Crippen LogP contribution in [-0.2, 0) is 0 Å². The second-order valence-corrected chi connectivity index (χ2v) is 4.13. The fourth-order valence-electron chi connectivity index (χ4n) is 2.46. The topological polar surface area (TPSA) is 38.5 Å². The first-order valence-electron chi connectivity index (χ1n) is 5.21. The zero-order chi connectivity index (χ0) is 9.38. The maximum atomic E-state index is 5.78. The molecule has 3 saturated heterocycles. The first-order valence-corrected chi connectivity index (χ1v) is 5.21. The molecule has 0 amide bonds. The highest BCUT2D eigenvalue weighted by atomic mass is 16.5. The molecule has 1 aromatic rings. The van der Waals surface area contributed by atoms with E-state index in [0.717, 1.165) is 12.5 Å². The van der Waals surface area contributed by atoms with Gasteiger partial charge in [0.25, 0.3) is 5.88 Å². The van der Waals surface area contributed by atoms with Crippen LogP contribution in [0.25, 0.3) is 0 Å². The molecule has 0 N–H and O–H groups in total. The Kier molecular flexibility index (Phi) is 1.94. The Balaban J connectivity index is 1.68. The third-order valence-electron chi connectivity index (χ3n) is 3.28. The normalized spacial score (nSPS) is 35.9. The lowest BCUT2D eigenvalue weighted by molar-refractivity contribution is -0.0113. The quantitative estimate of drug-likeness (QED) is 0.707. The van der Waals surface area contributed by atoms with Crippen molar-refractivity contribution in [2.45, 2.75) is 18.9 Å². The molecule has 3 fully saturated rings. The van der Waals surface area contributed by atoms with Crippen molar-refractivity contribution in [2.75, 3.05) is 19.6 Å². The number of hydrogen-bond donors (Lipinski definition) is 0. The van der Waals surface area contributed by atoms with Crippen LogP contribution >= 0.6 is 0 Å². The summed E-state index contributed by atoms with van der Waals surface area (Å²) in [7, 11) is 0. The van der Waals surface area contributed by atoms with Gasteiger partial charge in [0.1, 0.15) is 12.4 Å². The monoisotopic (exact) mass is 194 g/mol. The highest BCUT2D eigenvalue weighted by Crippen LogP contribution is 2.29. The van der Waals surface area contributed by atoms with Crippen molar-refractivity contribution in [3.63, 3.8) is 0 Å².